The number of rotatable bonds is 5. The van der Waals surface area contributed by atoms with E-state index in [1.54, 1.807) is 0 Å². The molecule has 1 N–H and O–H groups in total. The van der Waals surface area contributed by atoms with Gasteiger partial charge in [0.2, 0.25) is 0 Å². The third-order valence-electron chi connectivity index (χ3n) is 2.32. The van der Waals surface area contributed by atoms with Gasteiger partial charge < -0.3 is 19.4 Å². The zero-order valence-corrected chi connectivity index (χ0v) is 14.9. The molecule has 1 rings (SSSR count). The minimum Gasteiger partial charge on any atom is -0.469 e. The second-order valence-corrected chi connectivity index (χ2v) is 3.99. The highest BCUT2D eigenvalue weighted by atomic mass is 16.5. The summed E-state index contributed by atoms with van der Waals surface area (Å²) in [6, 6.07) is 0. The molecule has 0 heterocycles. The second-order valence-electron chi connectivity index (χ2n) is 3.99. The van der Waals surface area contributed by atoms with Gasteiger partial charge in [0.25, 0.3) is 0 Å². The predicted octanol–water partition coefficient (Wildman–Crippen LogP) is 3.18. The molecule has 132 valence electrons. The molecule has 0 aromatic carbocycles. The van der Waals surface area contributed by atoms with Gasteiger partial charge in [0.05, 0.1) is 13.5 Å². The number of carbonyl (C=O) groups excluding carboxylic acids is 3. The number of hydrogen-bond acceptors (Lipinski definition) is 5. The van der Waals surface area contributed by atoms with Crippen LogP contribution < -0.4 is 0 Å². The largest absolute Gasteiger partial charge is 0.469 e. The molecule has 1 aliphatic rings. The van der Waals surface area contributed by atoms with Gasteiger partial charge in [-0.3, -0.25) is 4.79 Å². The van der Waals surface area contributed by atoms with Crippen LogP contribution in [0.5, 0.6) is 0 Å². The molecule has 0 spiro atoms. The number of allylic oxidation sites excluding steroid dienone is 6. The van der Waals surface area contributed by atoms with Gasteiger partial charge >= 0.3 is 5.97 Å². The van der Waals surface area contributed by atoms with Crippen molar-refractivity contribution in [3.8, 4) is 0 Å². The van der Waals surface area contributed by atoms with Crippen LogP contribution in [0.1, 0.15) is 46.5 Å². The number of aldehydes is 1. The quantitative estimate of drug-likeness (QED) is 0.620. The zero-order chi connectivity index (χ0) is 18.5. The van der Waals surface area contributed by atoms with E-state index in [1.165, 1.54) is 19.6 Å². The Balaban J connectivity index is -0.000000287. The maximum absolute atomic E-state index is 10.3. The van der Waals surface area contributed by atoms with Crippen molar-refractivity contribution in [2.24, 2.45) is 0 Å². The molecular weight excluding hydrogens is 296 g/mol. The fraction of sp³-hybridized carbons (Fsp3) is 0.500. The van der Waals surface area contributed by atoms with Crippen LogP contribution in [0.15, 0.2) is 36.0 Å². The third kappa shape index (κ3) is 22.4. The van der Waals surface area contributed by atoms with E-state index in [4.69, 9.17) is 5.11 Å². The van der Waals surface area contributed by atoms with E-state index in [1.807, 2.05) is 38.2 Å². The first kappa shape index (κ1) is 25.9. The topological polar surface area (TPSA) is 80.7 Å². The number of Topliss-reactive ketones (excluding diaryl/α,β-unsaturated/α-hetero) is 1. The molecule has 0 bridgehead atoms. The zero-order valence-electron chi connectivity index (χ0n) is 14.9. The normalized spacial score (nSPS) is 11.0. The first-order valence-corrected chi connectivity index (χ1v) is 7.56. The predicted molar refractivity (Wildman–Crippen MR) is 93.1 cm³/mol. The number of aliphatic hydroxyl groups is 1. The van der Waals surface area contributed by atoms with E-state index in [-0.39, 0.29) is 24.6 Å². The van der Waals surface area contributed by atoms with E-state index in [0.717, 1.165) is 19.8 Å². The fourth-order valence-electron chi connectivity index (χ4n) is 1.26. The van der Waals surface area contributed by atoms with E-state index in [9.17, 15) is 14.4 Å². The minimum atomic E-state index is -0.329. The molecule has 0 radical (unpaired) electrons. The summed E-state index contributed by atoms with van der Waals surface area (Å²) in [5.41, 5.74) is 1.18. The van der Waals surface area contributed by atoms with E-state index in [0.29, 0.717) is 6.42 Å². The smallest absolute Gasteiger partial charge is 0.305 e. The van der Waals surface area contributed by atoms with Gasteiger partial charge in [-0.1, -0.05) is 49.8 Å². The standard InChI is InChI=1S/C9H10O.C6H10O3.C2H6.CH4O/c10-8-7-9-5-3-1-2-4-6-9;1-5(7)3-4-6(8)9-2;2*1-2/h1-5,8H,6-7H2;3-4H2,1-2H3;1-2H3;2H,1H3. The fourth-order valence-corrected chi connectivity index (χ4v) is 1.26. The summed E-state index contributed by atoms with van der Waals surface area (Å²) < 4.78 is 4.31. The van der Waals surface area contributed by atoms with Crippen LogP contribution in [0.4, 0.5) is 0 Å². The average Bonchev–Trinajstić information content (AvgIpc) is 2.86. The molecule has 5 nitrogen and oxygen atoms in total. The summed E-state index contributed by atoms with van der Waals surface area (Å²) in [6.45, 7) is 5.45. The van der Waals surface area contributed by atoms with Crippen molar-refractivity contribution in [3.63, 3.8) is 0 Å². The Morgan fingerprint density at radius 2 is 1.78 bits per heavy atom. The van der Waals surface area contributed by atoms with Crippen LogP contribution in [-0.4, -0.2) is 37.4 Å². The van der Waals surface area contributed by atoms with Crippen molar-refractivity contribution in [1.82, 2.24) is 0 Å². The Hall–Kier alpha value is -2.01. The Kier molecular flexibility index (Phi) is 25.1. The molecular formula is C18H30O5. The lowest BCUT2D eigenvalue weighted by molar-refractivity contribution is -0.141. The first-order valence-electron chi connectivity index (χ1n) is 7.56. The lowest BCUT2D eigenvalue weighted by Crippen LogP contribution is -2.02. The molecule has 0 aromatic rings. The molecule has 0 unspecified atom stereocenters. The van der Waals surface area contributed by atoms with Crippen LogP contribution in [0.2, 0.25) is 0 Å². The van der Waals surface area contributed by atoms with Crippen LogP contribution in [0.25, 0.3) is 0 Å². The summed E-state index contributed by atoms with van der Waals surface area (Å²) in [7, 11) is 2.31. The lowest BCUT2D eigenvalue weighted by Gasteiger charge is -1.93. The average molecular weight is 326 g/mol. The molecule has 5 heteroatoms. The SMILES string of the molecule is CC.CO.COC(=O)CCC(C)=O.O=CCC1=CC=CC=CC1. The van der Waals surface area contributed by atoms with Gasteiger partial charge in [0.15, 0.2) is 0 Å². The Labute approximate surface area is 139 Å². The van der Waals surface area contributed by atoms with Gasteiger partial charge in [-0.2, -0.15) is 0 Å². The van der Waals surface area contributed by atoms with Gasteiger partial charge in [-0.05, 0) is 13.3 Å². The lowest BCUT2D eigenvalue weighted by atomic mass is 10.1. The van der Waals surface area contributed by atoms with Crippen molar-refractivity contribution in [3.05, 3.63) is 36.0 Å². The van der Waals surface area contributed by atoms with E-state index >= 15 is 0 Å². The summed E-state index contributed by atoms with van der Waals surface area (Å²) in [6.07, 6.45) is 12.9. The summed E-state index contributed by atoms with van der Waals surface area (Å²) in [5, 5.41) is 7.00. The van der Waals surface area contributed by atoms with E-state index < -0.39 is 0 Å². The number of carbonyl (C=O) groups is 3. The number of ether oxygens (including phenoxy) is 1. The molecule has 0 saturated heterocycles. The molecule has 0 aromatic heterocycles. The molecule has 0 amide bonds. The highest BCUT2D eigenvalue weighted by molar-refractivity contribution is 5.80. The van der Waals surface area contributed by atoms with Crippen molar-refractivity contribution < 1.29 is 24.2 Å². The van der Waals surface area contributed by atoms with Crippen molar-refractivity contribution in [2.45, 2.75) is 46.5 Å². The number of ketones is 1. The maximum atomic E-state index is 10.3. The molecule has 0 fully saturated rings. The second kappa shape index (κ2) is 22.3. The minimum absolute atomic E-state index is 0.0143. The highest BCUT2D eigenvalue weighted by Gasteiger charge is 2.00. The molecule has 23 heavy (non-hydrogen) atoms. The van der Waals surface area contributed by atoms with Gasteiger partial charge in [-0.15, -0.1) is 0 Å². The van der Waals surface area contributed by atoms with Crippen LogP contribution in [0, 0.1) is 0 Å². The molecule has 1 aliphatic carbocycles. The molecule has 0 saturated carbocycles. The van der Waals surface area contributed by atoms with Gasteiger partial charge in [0, 0.05) is 20.0 Å². The van der Waals surface area contributed by atoms with Crippen LogP contribution in [-0.2, 0) is 19.1 Å². The summed E-state index contributed by atoms with van der Waals surface area (Å²) >= 11 is 0. The summed E-state index contributed by atoms with van der Waals surface area (Å²) in [5.74, 6) is -0.314. The maximum Gasteiger partial charge on any atom is 0.305 e. The number of methoxy groups -OCH3 is 1. The Morgan fingerprint density at radius 3 is 2.26 bits per heavy atom. The Morgan fingerprint density at radius 1 is 1.17 bits per heavy atom. The monoisotopic (exact) mass is 326 g/mol. The van der Waals surface area contributed by atoms with Gasteiger partial charge in [0.1, 0.15) is 12.1 Å². The third-order valence-corrected chi connectivity index (χ3v) is 2.32. The van der Waals surface area contributed by atoms with E-state index in [2.05, 4.69) is 10.8 Å². The number of esters is 1. The summed E-state index contributed by atoms with van der Waals surface area (Å²) in [4.78, 5) is 30.7. The van der Waals surface area contributed by atoms with Gasteiger partial charge in [-0.25, -0.2) is 0 Å². The Bertz CT molecular complexity index is 392. The van der Waals surface area contributed by atoms with Crippen LogP contribution in [0.3, 0.4) is 0 Å². The highest BCUT2D eigenvalue weighted by Crippen LogP contribution is 2.08. The van der Waals surface area contributed by atoms with Crippen LogP contribution >= 0.6 is 0 Å². The molecule has 0 atom stereocenters. The number of hydrogen-bond donors (Lipinski definition) is 1. The molecule has 0 aliphatic heterocycles. The first-order chi connectivity index (χ1) is 11.1. The van der Waals surface area contributed by atoms with Crippen molar-refractivity contribution in [1.29, 1.82) is 0 Å². The van der Waals surface area contributed by atoms with Crippen molar-refractivity contribution in [2.75, 3.05) is 14.2 Å². The van der Waals surface area contributed by atoms with Crippen molar-refractivity contribution >= 4 is 18.0 Å². The number of aliphatic hydroxyl groups excluding tert-OH is 1.